The van der Waals surface area contributed by atoms with Gasteiger partial charge in [0.1, 0.15) is 0 Å². The summed E-state index contributed by atoms with van der Waals surface area (Å²) in [4.78, 5) is 12.9. The van der Waals surface area contributed by atoms with Crippen LogP contribution in [0.25, 0.3) is 0 Å². The molecule has 1 atom stereocenters. The summed E-state index contributed by atoms with van der Waals surface area (Å²) in [5, 5.41) is 3.37. The molecule has 3 rings (SSSR count). The Kier molecular flexibility index (Phi) is 7.13. The molecular weight excluding hydrogens is 451 g/mol. The quantitative estimate of drug-likeness (QED) is 0.685. The van der Waals surface area contributed by atoms with E-state index in [9.17, 15) is 13.2 Å². The van der Waals surface area contributed by atoms with E-state index in [1.54, 1.807) is 24.3 Å². The molecule has 0 spiro atoms. The molecule has 0 bridgehead atoms. The number of nitrogens with zero attached hydrogens (tertiary/aromatic N) is 1. The number of methoxy groups -OCH3 is 2. The van der Waals surface area contributed by atoms with Gasteiger partial charge in [-0.25, -0.2) is 8.42 Å². The molecular formula is C20H22Cl2N2O5S. The average molecular weight is 473 g/mol. The Bertz CT molecular complexity index is 1030. The maximum absolute atomic E-state index is 13.1. The highest BCUT2D eigenvalue weighted by Gasteiger charge is 2.34. The fourth-order valence-electron chi connectivity index (χ4n) is 3.34. The van der Waals surface area contributed by atoms with E-state index in [-0.39, 0.29) is 17.3 Å². The number of ether oxygens (including phenoxy) is 2. The summed E-state index contributed by atoms with van der Waals surface area (Å²) in [6, 6.07) is 9.35. The zero-order chi connectivity index (χ0) is 21.9. The Balaban J connectivity index is 1.79. The van der Waals surface area contributed by atoms with Crippen LogP contribution in [0, 0.1) is 5.92 Å². The maximum Gasteiger partial charge on any atom is 0.243 e. The smallest absolute Gasteiger partial charge is 0.243 e. The number of rotatable bonds is 6. The lowest BCUT2D eigenvalue weighted by Gasteiger charge is -2.31. The van der Waals surface area contributed by atoms with Crippen LogP contribution in [0.15, 0.2) is 41.3 Å². The monoisotopic (exact) mass is 472 g/mol. The fourth-order valence-corrected chi connectivity index (χ4v) is 5.38. The number of para-hydroxylation sites is 1. The second-order valence-electron chi connectivity index (χ2n) is 6.80. The number of sulfonamides is 1. The third-order valence-corrected chi connectivity index (χ3v) is 7.45. The van der Waals surface area contributed by atoms with Gasteiger partial charge in [-0.15, -0.1) is 0 Å². The molecule has 162 valence electrons. The minimum atomic E-state index is -3.81. The van der Waals surface area contributed by atoms with Crippen molar-refractivity contribution in [3.63, 3.8) is 0 Å². The lowest BCUT2D eigenvalue weighted by Crippen LogP contribution is -2.43. The van der Waals surface area contributed by atoms with Gasteiger partial charge in [-0.05, 0) is 37.1 Å². The minimum absolute atomic E-state index is 0.0601. The van der Waals surface area contributed by atoms with Gasteiger partial charge in [0.05, 0.1) is 40.8 Å². The van der Waals surface area contributed by atoms with Crippen LogP contribution in [0.1, 0.15) is 12.8 Å². The Labute approximate surface area is 185 Å². The zero-order valence-corrected chi connectivity index (χ0v) is 18.9. The van der Waals surface area contributed by atoms with Gasteiger partial charge in [-0.2, -0.15) is 4.31 Å². The van der Waals surface area contributed by atoms with E-state index in [0.717, 1.165) is 0 Å². The molecule has 1 heterocycles. The molecule has 0 radical (unpaired) electrons. The number of halogens is 2. The van der Waals surface area contributed by atoms with Gasteiger partial charge in [-0.1, -0.05) is 29.3 Å². The van der Waals surface area contributed by atoms with E-state index in [1.165, 1.54) is 30.7 Å². The van der Waals surface area contributed by atoms with Gasteiger partial charge in [0.25, 0.3) is 0 Å². The summed E-state index contributed by atoms with van der Waals surface area (Å²) in [5.74, 6) is -0.0968. The molecule has 2 aromatic rings. The van der Waals surface area contributed by atoms with Crippen LogP contribution >= 0.6 is 23.2 Å². The fraction of sp³-hybridized carbons (Fsp3) is 0.350. The lowest BCUT2D eigenvalue weighted by atomic mass is 9.98. The third-order valence-electron chi connectivity index (χ3n) is 4.96. The molecule has 1 amide bonds. The van der Waals surface area contributed by atoms with Crippen molar-refractivity contribution >= 4 is 44.8 Å². The highest BCUT2D eigenvalue weighted by atomic mass is 35.5. The molecule has 1 fully saturated rings. The number of anilines is 1. The van der Waals surface area contributed by atoms with E-state index >= 15 is 0 Å². The SMILES string of the molecule is COc1ccc(S(=O)(=O)N2CCC[C@@H](C(=O)Nc3c(Cl)cccc3Cl)C2)cc1OC. The first-order valence-electron chi connectivity index (χ1n) is 9.25. The number of nitrogens with one attached hydrogen (secondary N) is 1. The summed E-state index contributed by atoms with van der Waals surface area (Å²) in [5.41, 5.74) is 0.325. The minimum Gasteiger partial charge on any atom is -0.493 e. The van der Waals surface area contributed by atoms with Crippen molar-refractivity contribution in [3.8, 4) is 11.5 Å². The summed E-state index contributed by atoms with van der Waals surface area (Å²) in [6.07, 6.45) is 1.12. The van der Waals surface area contributed by atoms with Gasteiger partial charge >= 0.3 is 0 Å². The van der Waals surface area contributed by atoms with E-state index in [2.05, 4.69) is 5.32 Å². The van der Waals surface area contributed by atoms with Crippen LogP contribution in [-0.2, 0) is 14.8 Å². The number of hydrogen-bond donors (Lipinski definition) is 1. The van der Waals surface area contributed by atoms with Crippen molar-refractivity contribution in [3.05, 3.63) is 46.4 Å². The van der Waals surface area contributed by atoms with Crippen molar-refractivity contribution in [2.24, 2.45) is 5.92 Å². The Morgan fingerprint density at radius 2 is 1.77 bits per heavy atom. The molecule has 1 aliphatic rings. The first-order valence-corrected chi connectivity index (χ1v) is 11.4. The average Bonchev–Trinajstić information content (AvgIpc) is 2.75. The molecule has 7 nitrogen and oxygen atoms in total. The van der Waals surface area contributed by atoms with Crippen LogP contribution < -0.4 is 14.8 Å². The van der Waals surface area contributed by atoms with Crippen molar-refractivity contribution in [1.82, 2.24) is 4.31 Å². The number of piperidine rings is 1. The van der Waals surface area contributed by atoms with E-state index in [1.807, 2.05) is 0 Å². The molecule has 1 aliphatic heterocycles. The molecule has 10 heteroatoms. The van der Waals surface area contributed by atoms with Crippen LogP contribution in [0.4, 0.5) is 5.69 Å². The Hall–Kier alpha value is -2.00. The first kappa shape index (κ1) is 22.7. The topological polar surface area (TPSA) is 84.9 Å². The van der Waals surface area contributed by atoms with Gasteiger partial charge in [0.15, 0.2) is 11.5 Å². The van der Waals surface area contributed by atoms with E-state index in [0.29, 0.717) is 46.6 Å². The first-order chi connectivity index (χ1) is 14.3. The summed E-state index contributed by atoms with van der Waals surface area (Å²) >= 11 is 12.2. The normalized spacial score (nSPS) is 17.4. The highest BCUT2D eigenvalue weighted by Crippen LogP contribution is 2.33. The van der Waals surface area contributed by atoms with E-state index < -0.39 is 15.9 Å². The standard InChI is InChI=1S/C20H22Cl2N2O5S/c1-28-17-9-8-14(11-18(17)29-2)30(26,27)24-10-4-5-13(12-24)20(25)23-19-15(21)6-3-7-16(19)22/h3,6-9,11,13H,4-5,10,12H2,1-2H3,(H,23,25)/t13-/m1/s1. The molecule has 30 heavy (non-hydrogen) atoms. The van der Waals surface area contributed by atoms with Crippen LogP contribution in [0.3, 0.4) is 0 Å². The predicted molar refractivity (Wildman–Crippen MR) is 116 cm³/mol. The maximum atomic E-state index is 13.1. The largest absolute Gasteiger partial charge is 0.493 e. The molecule has 0 saturated carbocycles. The number of hydrogen-bond acceptors (Lipinski definition) is 5. The van der Waals surface area contributed by atoms with Gasteiger partial charge in [0.2, 0.25) is 15.9 Å². The van der Waals surface area contributed by atoms with Crippen LogP contribution in [0.5, 0.6) is 11.5 Å². The molecule has 0 aliphatic carbocycles. The number of carbonyl (C=O) groups is 1. The number of carbonyl (C=O) groups excluding carboxylic acids is 1. The van der Waals surface area contributed by atoms with Crippen LogP contribution in [0.2, 0.25) is 10.0 Å². The molecule has 0 unspecified atom stereocenters. The van der Waals surface area contributed by atoms with Gasteiger partial charge < -0.3 is 14.8 Å². The summed E-state index contributed by atoms with van der Waals surface area (Å²) in [6.45, 7) is 0.387. The summed E-state index contributed by atoms with van der Waals surface area (Å²) in [7, 11) is -0.892. The van der Waals surface area contributed by atoms with Gasteiger partial charge in [0, 0.05) is 19.2 Å². The zero-order valence-electron chi connectivity index (χ0n) is 16.5. The number of benzene rings is 2. The molecule has 1 N–H and O–H groups in total. The lowest BCUT2D eigenvalue weighted by molar-refractivity contribution is -0.120. The van der Waals surface area contributed by atoms with E-state index in [4.69, 9.17) is 32.7 Å². The highest BCUT2D eigenvalue weighted by molar-refractivity contribution is 7.89. The van der Waals surface area contributed by atoms with Crippen molar-refractivity contribution in [2.45, 2.75) is 17.7 Å². The Morgan fingerprint density at radius 1 is 1.10 bits per heavy atom. The second-order valence-corrected chi connectivity index (χ2v) is 9.56. The molecule has 2 aromatic carbocycles. The molecule has 0 aromatic heterocycles. The second kappa shape index (κ2) is 9.43. The van der Waals surface area contributed by atoms with Crippen molar-refractivity contribution < 1.29 is 22.7 Å². The van der Waals surface area contributed by atoms with Crippen molar-refractivity contribution in [2.75, 3.05) is 32.6 Å². The predicted octanol–water partition coefficient (Wildman–Crippen LogP) is 4.05. The van der Waals surface area contributed by atoms with Crippen molar-refractivity contribution in [1.29, 1.82) is 0 Å². The third kappa shape index (κ3) is 4.67. The van der Waals surface area contributed by atoms with Crippen LogP contribution in [-0.4, -0.2) is 45.9 Å². The Morgan fingerprint density at radius 3 is 2.40 bits per heavy atom. The van der Waals surface area contributed by atoms with Gasteiger partial charge in [-0.3, -0.25) is 4.79 Å². The summed E-state index contributed by atoms with van der Waals surface area (Å²) < 4.78 is 38.0. The number of amides is 1. The molecule has 1 saturated heterocycles.